The lowest BCUT2D eigenvalue weighted by atomic mass is 10.2. The highest BCUT2D eigenvalue weighted by atomic mass is 32.2. The Balaban J connectivity index is 2.23. The number of hydrogen-bond acceptors (Lipinski definition) is 5. The smallest absolute Gasteiger partial charge is 0.336 e. The summed E-state index contributed by atoms with van der Waals surface area (Å²) in [7, 11) is -3.77. The van der Waals surface area contributed by atoms with Crippen molar-refractivity contribution in [3.05, 3.63) is 35.2 Å². The van der Waals surface area contributed by atoms with Crippen molar-refractivity contribution in [3.8, 4) is 0 Å². The molecule has 2 heterocycles. The number of carbonyl (C=O) groups is 1. The van der Waals surface area contributed by atoms with Crippen LogP contribution in [0.1, 0.15) is 35.6 Å². The molecule has 0 spiro atoms. The van der Waals surface area contributed by atoms with Crippen LogP contribution in [-0.4, -0.2) is 29.5 Å². The van der Waals surface area contributed by atoms with Crippen molar-refractivity contribution in [1.29, 1.82) is 0 Å². The van der Waals surface area contributed by atoms with Gasteiger partial charge in [0, 0.05) is 17.8 Å². The second kappa shape index (κ2) is 5.73. The third-order valence-corrected chi connectivity index (χ3v) is 5.55. The Morgan fingerprint density at radius 2 is 2.35 bits per heavy atom. The van der Waals surface area contributed by atoms with Crippen molar-refractivity contribution in [1.82, 2.24) is 14.7 Å². The van der Waals surface area contributed by atoms with Crippen LogP contribution >= 0.6 is 11.3 Å². The second-order valence-electron chi connectivity index (χ2n) is 4.02. The van der Waals surface area contributed by atoms with Crippen LogP contribution in [0.4, 0.5) is 0 Å². The zero-order valence-corrected chi connectivity index (χ0v) is 12.2. The molecule has 2 rings (SSSR count). The van der Waals surface area contributed by atoms with E-state index in [1.165, 1.54) is 5.38 Å². The van der Waals surface area contributed by atoms with Crippen LogP contribution in [0, 0.1) is 0 Å². The predicted octanol–water partition coefficient (Wildman–Crippen LogP) is 1.60. The molecule has 0 bridgehead atoms. The van der Waals surface area contributed by atoms with E-state index >= 15 is 0 Å². The molecule has 0 aliphatic rings. The summed E-state index contributed by atoms with van der Waals surface area (Å²) in [6.45, 7) is 1.83. The van der Waals surface area contributed by atoms with Crippen LogP contribution < -0.4 is 4.72 Å². The molecule has 7 nitrogen and oxygen atoms in total. The molecule has 0 saturated heterocycles. The van der Waals surface area contributed by atoms with Crippen molar-refractivity contribution < 1.29 is 18.3 Å². The van der Waals surface area contributed by atoms with Crippen LogP contribution in [0.2, 0.25) is 0 Å². The first-order valence-corrected chi connectivity index (χ1v) is 8.13. The average molecular weight is 315 g/mol. The lowest BCUT2D eigenvalue weighted by molar-refractivity contribution is 0.0697. The van der Waals surface area contributed by atoms with Gasteiger partial charge in [-0.15, -0.1) is 11.3 Å². The molecule has 0 saturated carbocycles. The van der Waals surface area contributed by atoms with E-state index < -0.39 is 22.0 Å². The minimum atomic E-state index is -3.77. The highest BCUT2D eigenvalue weighted by Crippen LogP contribution is 2.23. The Bertz CT molecular complexity index is 691. The molecule has 0 aliphatic heterocycles. The number of sulfonamides is 1. The molecular weight excluding hydrogens is 302 g/mol. The van der Waals surface area contributed by atoms with Gasteiger partial charge in [-0.2, -0.15) is 4.72 Å². The number of nitrogens with one attached hydrogen (secondary N) is 2. The van der Waals surface area contributed by atoms with Crippen LogP contribution in [-0.2, 0) is 10.0 Å². The summed E-state index contributed by atoms with van der Waals surface area (Å²) in [5.74, 6) is -0.633. The van der Waals surface area contributed by atoms with Gasteiger partial charge in [0.05, 0.1) is 11.6 Å². The SMILES string of the molecule is CCC(NS(=O)(=O)c1cc(C(=O)O)cs1)c1ncc[nH]1. The van der Waals surface area contributed by atoms with E-state index in [0.29, 0.717) is 12.2 Å². The van der Waals surface area contributed by atoms with Gasteiger partial charge in [0.15, 0.2) is 0 Å². The Morgan fingerprint density at radius 1 is 1.60 bits per heavy atom. The van der Waals surface area contributed by atoms with Gasteiger partial charge in [-0.3, -0.25) is 0 Å². The summed E-state index contributed by atoms with van der Waals surface area (Å²) in [5, 5.41) is 10.1. The summed E-state index contributed by atoms with van der Waals surface area (Å²) in [6.07, 6.45) is 3.67. The predicted molar refractivity (Wildman–Crippen MR) is 73.2 cm³/mol. The third-order valence-electron chi connectivity index (χ3n) is 2.64. The Hall–Kier alpha value is -1.71. The van der Waals surface area contributed by atoms with Crippen molar-refractivity contribution in [2.45, 2.75) is 23.6 Å². The maximum Gasteiger partial charge on any atom is 0.336 e. The first-order valence-electron chi connectivity index (χ1n) is 5.77. The Labute approximate surface area is 119 Å². The van der Waals surface area contributed by atoms with Crippen LogP contribution in [0.3, 0.4) is 0 Å². The molecule has 108 valence electrons. The molecule has 20 heavy (non-hydrogen) atoms. The van der Waals surface area contributed by atoms with E-state index in [4.69, 9.17) is 5.11 Å². The van der Waals surface area contributed by atoms with E-state index in [1.807, 2.05) is 6.92 Å². The fourth-order valence-corrected chi connectivity index (χ4v) is 4.07. The number of H-pyrrole nitrogens is 1. The maximum atomic E-state index is 12.2. The normalized spacial score (nSPS) is 13.2. The monoisotopic (exact) mass is 315 g/mol. The summed E-state index contributed by atoms with van der Waals surface area (Å²) < 4.78 is 26.9. The zero-order valence-electron chi connectivity index (χ0n) is 10.5. The number of aromatic amines is 1. The number of carboxylic acids is 1. The van der Waals surface area contributed by atoms with Gasteiger partial charge in [-0.25, -0.2) is 18.2 Å². The molecule has 2 aromatic rings. The summed E-state index contributed by atoms with van der Waals surface area (Å²) >= 11 is 0.873. The minimum Gasteiger partial charge on any atom is -0.478 e. The largest absolute Gasteiger partial charge is 0.478 e. The quantitative estimate of drug-likeness (QED) is 0.749. The van der Waals surface area contributed by atoms with Gasteiger partial charge in [-0.1, -0.05) is 6.92 Å². The van der Waals surface area contributed by atoms with E-state index in [1.54, 1.807) is 12.4 Å². The number of hydrogen-bond donors (Lipinski definition) is 3. The van der Waals surface area contributed by atoms with E-state index in [2.05, 4.69) is 14.7 Å². The number of rotatable bonds is 6. The fraction of sp³-hybridized carbons (Fsp3) is 0.273. The first kappa shape index (κ1) is 14.7. The van der Waals surface area contributed by atoms with Crippen LogP contribution in [0.15, 0.2) is 28.0 Å². The van der Waals surface area contributed by atoms with Gasteiger partial charge < -0.3 is 10.1 Å². The van der Waals surface area contributed by atoms with E-state index in [0.717, 1.165) is 17.4 Å². The third kappa shape index (κ3) is 3.06. The number of aromatic nitrogens is 2. The zero-order chi connectivity index (χ0) is 14.8. The first-order chi connectivity index (χ1) is 9.44. The number of thiophene rings is 1. The number of aromatic carboxylic acids is 1. The van der Waals surface area contributed by atoms with Crippen molar-refractivity contribution in [2.75, 3.05) is 0 Å². The maximum absolute atomic E-state index is 12.2. The summed E-state index contributed by atoms with van der Waals surface area (Å²) in [4.78, 5) is 17.7. The van der Waals surface area contributed by atoms with Gasteiger partial charge >= 0.3 is 5.97 Å². The highest BCUT2D eigenvalue weighted by molar-refractivity contribution is 7.91. The molecule has 2 aromatic heterocycles. The summed E-state index contributed by atoms with van der Waals surface area (Å²) in [5.41, 5.74) is -0.0403. The Kier molecular flexibility index (Phi) is 4.21. The second-order valence-corrected chi connectivity index (χ2v) is 6.87. The number of carboxylic acid groups (broad SMARTS) is 1. The topological polar surface area (TPSA) is 112 Å². The molecule has 0 fully saturated rings. The van der Waals surface area contributed by atoms with Crippen molar-refractivity contribution in [3.63, 3.8) is 0 Å². The van der Waals surface area contributed by atoms with Crippen molar-refractivity contribution >= 4 is 27.3 Å². The van der Waals surface area contributed by atoms with Crippen LogP contribution in [0.25, 0.3) is 0 Å². The molecule has 1 unspecified atom stereocenters. The minimum absolute atomic E-state index is 0.0279. The Morgan fingerprint density at radius 3 is 2.85 bits per heavy atom. The van der Waals surface area contributed by atoms with Crippen molar-refractivity contribution in [2.24, 2.45) is 0 Å². The fourth-order valence-electron chi connectivity index (χ4n) is 1.62. The molecule has 0 radical (unpaired) electrons. The lowest BCUT2D eigenvalue weighted by Crippen LogP contribution is -2.28. The molecule has 0 amide bonds. The summed E-state index contributed by atoms with van der Waals surface area (Å²) in [6, 6.07) is 0.662. The van der Waals surface area contributed by atoms with Gasteiger partial charge in [0.25, 0.3) is 10.0 Å². The van der Waals surface area contributed by atoms with Gasteiger partial charge in [-0.05, 0) is 12.5 Å². The van der Waals surface area contributed by atoms with Gasteiger partial charge in [0.1, 0.15) is 10.0 Å². The molecule has 1 atom stereocenters. The molecule has 0 aliphatic carbocycles. The molecular formula is C11H13N3O4S2. The highest BCUT2D eigenvalue weighted by Gasteiger charge is 2.24. The molecule has 9 heteroatoms. The number of imidazole rings is 1. The molecule has 3 N–H and O–H groups in total. The van der Waals surface area contributed by atoms with E-state index in [9.17, 15) is 13.2 Å². The lowest BCUT2D eigenvalue weighted by Gasteiger charge is -2.13. The van der Waals surface area contributed by atoms with Crippen LogP contribution in [0.5, 0.6) is 0 Å². The van der Waals surface area contributed by atoms with Gasteiger partial charge in [0.2, 0.25) is 0 Å². The number of nitrogens with zero attached hydrogens (tertiary/aromatic N) is 1. The molecule has 0 aromatic carbocycles. The average Bonchev–Trinajstić information content (AvgIpc) is 3.06. The standard InChI is InChI=1S/C11H13N3O4S2/c1-2-8(10-12-3-4-13-10)14-20(17,18)9-5-7(6-19-9)11(15)16/h3-6,8,14H,2H2,1H3,(H,12,13)(H,15,16). The van der Waals surface area contributed by atoms with E-state index in [-0.39, 0.29) is 9.77 Å².